The van der Waals surface area contributed by atoms with E-state index in [-0.39, 0.29) is 29.9 Å². The van der Waals surface area contributed by atoms with Crippen LogP contribution >= 0.6 is 39.9 Å². The number of halogens is 2. The minimum absolute atomic E-state index is 0. The van der Waals surface area contributed by atoms with Crippen molar-refractivity contribution in [1.82, 2.24) is 16.0 Å². The van der Waals surface area contributed by atoms with Crippen LogP contribution in [0.2, 0.25) is 0 Å². The maximum Gasteiger partial charge on any atom is 0.251 e. The number of amides is 1. The molecule has 1 amide bonds. The summed E-state index contributed by atoms with van der Waals surface area (Å²) in [4.78, 5) is 16.1. The summed E-state index contributed by atoms with van der Waals surface area (Å²) in [6.45, 7) is 5.39. The van der Waals surface area contributed by atoms with Gasteiger partial charge < -0.3 is 20.7 Å². The van der Waals surface area contributed by atoms with Crippen molar-refractivity contribution in [3.63, 3.8) is 0 Å². The van der Waals surface area contributed by atoms with Gasteiger partial charge in [0.25, 0.3) is 5.91 Å². The lowest BCUT2D eigenvalue weighted by atomic mass is 10.2. The number of nitrogens with one attached hydrogen (secondary N) is 3. The standard InChI is InChI=1S/C16H25BrN4O2.HI/c1-3-23-12-4-9-20-16(18-2)21-11-10-19-15(22)13-5-7-14(17)8-6-13;/h5-8H,3-4,9-12H2,1-2H3,(H,19,22)(H2,18,20,21);1H. The summed E-state index contributed by atoms with van der Waals surface area (Å²) in [5.74, 6) is 0.637. The minimum Gasteiger partial charge on any atom is -0.382 e. The van der Waals surface area contributed by atoms with Gasteiger partial charge in [-0.15, -0.1) is 24.0 Å². The molecule has 0 bridgehead atoms. The Morgan fingerprint density at radius 1 is 1.12 bits per heavy atom. The van der Waals surface area contributed by atoms with Gasteiger partial charge in [0.1, 0.15) is 0 Å². The summed E-state index contributed by atoms with van der Waals surface area (Å²) in [6, 6.07) is 7.26. The molecule has 8 heteroatoms. The monoisotopic (exact) mass is 512 g/mol. The number of nitrogens with zero attached hydrogens (tertiary/aromatic N) is 1. The molecule has 0 spiro atoms. The van der Waals surface area contributed by atoms with E-state index in [9.17, 15) is 4.79 Å². The largest absolute Gasteiger partial charge is 0.382 e. The van der Waals surface area contributed by atoms with E-state index in [0.717, 1.165) is 36.6 Å². The molecule has 6 nitrogen and oxygen atoms in total. The Hall–Kier alpha value is -0.870. The summed E-state index contributed by atoms with van der Waals surface area (Å²) in [5.41, 5.74) is 0.645. The fourth-order valence-electron chi connectivity index (χ4n) is 1.81. The fourth-order valence-corrected chi connectivity index (χ4v) is 2.07. The molecule has 3 N–H and O–H groups in total. The molecular weight excluding hydrogens is 487 g/mol. The van der Waals surface area contributed by atoms with Crippen LogP contribution in [0.15, 0.2) is 33.7 Å². The van der Waals surface area contributed by atoms with Crippen molar-refractivity contribution in [2.24, 2.45) is 4.99 Å². The van der Waals surface area contributed by atoms with Crippen molar-refractivity contribution in [2.45, 2.75) is 13.3 Å². The molecule has 0 heterocycles. The van der Waals surface area contributed by atoms with Gasteiger partial charge >= 0.3 is 0 Å². The van der Waals surface area contributed by atoms with Crippen molar-refractivity contribution in [1.29, 1.82) is 0 Å². The van der Waals surface area contributed by atoms with E-state index >= 15 is 0 Å². The number of hydrogen-bond acceptors (Lipinski definition) is 3. The number of aliphatic imine (C=N–C) groups is 1. The third kappa shape index (κ3) is 10.1. The molecular formula is C16H26BrIN4O2. The van der Waals surface area contributed by atoms with E-state index in [4.69, 9.17) is 4.74 Å². The van der Waals surface area contributed by atoms with E-state index in [1.54, 1.807) is 19.2 Å². The molecule has 0 unspecified atom stereocenters. The molecule has 0 aromatic heterocycles. The summed E-state index contributed by atoms with van der Waals surface area (Å²) >= 11 is 3.35. The van der Waals surface area contributed by atoms with E-state index in [1.165, 1.54) is 0 Å². The molecule has 0 radical (unpaired) electrons. The Labute approximate surface area is 169 Å². The second kappa shape index (κ2) is 14.5. The summed E-state index contributed by atoms with van der Waals surface area (Å²) in [6.07, 6.45) is 0.925. The number of carbonyl (C=O) groups excluding carboxylic acids is 1. The number of benzene rings is 1. The van der Waals surface area contributed by atoms with Crippen molar-refractivity contribution >= 4 is 51.8 Å². The third-order valence-corrected chi connectivity index (χ3v) is 3.52. The zero-order valence-corrected chi connectivity index (χ0v) is 18.0. The first-order valence-corrected chi connectivity index (χ1v) is 8.52. The second-order valence-corrected chi connectivity index (χ2v) is 5.65. The Bertz CT molecular complexity index is 497. The molecule has 0 saturated heterocycles. The summed E-state index contributed by atoms with van der Waals surface area (Å²) in [5, 5.41) is 9.21. The lowest BCUT2D eigenvalue weighted by Crippen LogP contribution is -2.42. The molecule has 1 rings (SSSR count). The average molecular weight is 513 g/mol. The Morgan fingerprint density at radius 2 is 1.75 bits per heavy atom. The maximum absolute atomic E-state index is 11.9. The van der Waals surface area contributed by atoms with Gasteiger partial charge in [-0.3, -0.25) is 9.79 Å². The van der Waals surface area contributed by atoms with E-state index in [0.29, 0.717) is 18.7 Å². The van der Waals surface area contributed by atoms with Gasteiger partial charge in [0, 0.05) is 49.9 Å². The highest BCUT2D eigenvalue weighted by molar-refractivity contribution is 14.0. The molecule has 136 valence electrons. The Morgan fingerprint density at radius 3 is 2.38 bits per heavy atom. The third-order valence-electron chi connectivity index (χ3n) is 3.00. The zero-order valence-electron chi connectivity index (χ0n) is 14.1. The first kappa shape index (κ1) is 23.1. The quantitative estimate of drug-likeness (QED) is 0.205. The first-order chi connectivity index (χ1) is 11.2. The van der Waals surface area contributed by atoms with Crippen LogP contribution in [0.3, 0.4) is 0 Å². The fraction of sp³-hybridized carbons (Fsp3) is 0.500. The van der Waals surface area contributed by atoms with Gasteiger partial charge in [0.05, 0.1) is 0 Å². The van der Waals surface area contributed by atoms with Crippen LogP contribution in [0.5, 0.6) is 0 Å². The molecule has 0 aliphatic heterocycles. The second-order valence-electron chi connectivity index (χ2n) is 4.74. The predicted octanol–water partition coefficient (Wildman–Crippen LogP) is 2.39. The highest BCUT2D eigenvalue weighted by Crippen LogP contribution is 2.10. The van der Waals surface area contributed by atoms with E-state index in [1.807, 2.05) is 19.1 Å². The molecule has 1 aromatic rings. The zero-order chi connectivity index (χ0) is 16.9. The van der Waals surface area contributed by atoms with E-state index < -0.39 is 0 Å². The lowest BCUT2D eigenvalue weighted by molar-refractivity contribution is 0.0954. The van der Waals surface area contributed by atoms with Crippen LogP contribution in [0.1, 0.15) is 23.7 Å². The molecule has 0 aliphatic carbocycles. The van der Waals surface area contributed by atoms with Gasteiger partial charge in [0.15, 0.2) is 5.96 Å². The van der Waals surface area contributed by atoms with Gasteiger partial charge in [-0.25, -0.2) is 0 Å². The molecule has 0 atom stereocenters. The number of carbonyl (C=O) groups is 1. The van der Waals surface area contributed by atoms with Gasteiger partial charge in [-0.05, 0) is 37.6 Å². The Kier molecular flexibility index (Phi) is 13.9. The Balaban J connectivity index is 0.00000529. The normalized spacial score (nSPS) is 10.7. The lowest BCUT2D eigenvalue weighted by Gasteiger charge is -2.12. The molecule has 1 aromatic carbocycles. The summed E-state index contributed by atoms with van der Waals surface area (Å²) < 4.78 is 6.23. The summed E-state index contributed by atoms with van der Waals surface area (Å²) in [7, 11) is 1.72. The SMILES string of the molecule is CCOCCCNC(=NC)NCCNC(=O)c1ccc(Br)cc1.I. The van der Waals surface area contributed by atoms with Gasteiger partial charge in [-0.2, -0.15) is 0 Å². The molecule has 24 heavy (non-hydrogen) atoms. The maximum atomic E-state index is 11.9. The van der Waals surface area contributed by atoms with Gasteiger partial charge in [-0.1, -0.05) is 15.9 Å². The van der Waals surface area contributed by atoms with Crippen molar-refractivity contribution < 1.29 is 9.53 Å². The first-order valence-electron chi connectivity index (χ1n) is 7.73. The smallest absolute Gasteiger partial charge is 0.251 e. The number of ether oxygens (including phenoxy) is 1. The van der Waals surface area contributed by atoms with Crippen LogP contribution in [0.4, 0.5) is 0 Å². The minimum atomic E-state index is -0.0843. The molecule has 0 saturated carbocycles. The topological polar surface area (TPSA) is 74.8 Å². The predicted molar refractivity (Wildman–Crippen MR) is 112 cm³/mol. The van der Waals surface area contributed by atoms with Crippen LogP contribution in [-0.4, -0.2) is 51.8 Å². The van der Waals surface area contributed by atoms with Crippen molar-refractivity contribution in [3.05, 3.63) is 34.3 Å². The van der Waals surface area contributed by atoms with Crippen LogP contribution in [-0.2, 0) is 4.74 Å². The molecule has 0 fully saturated rings. The van der Waals surface area contributed by atoms with Crippen LogP contribution in [0, 0.1) is 0 Å². The number of hydrogen-bond donors (Lipinski definition) is 3. The highest BCUT2D eigenvalue weighted by Gasteiger charge is 2.04. The highest BCUT2D eigenvalue weighted by atomic mass is 127. The number of rotatable bonds is 9. The van der Waals surface area contributed by atoms with E-state index in [2.05, 4.69) is 36.9 Å². The van der Waals surface area contributed by atoms with Crippen LogP contribution < -0.4 is 16.0 Å². The average Bonchev–Trinajstić information content (AvgIpc) is 2.57. The van der Waals surface area contributed by atoms with Crippen molar-refractivity contribution in [2.75, 3.05) is 39.9 Å². The van der Waals surface area contributed by atoms with Crippen molar-refractivity contribution in [3.8, 4) is 0 Å². The van der Waals surface area contributed by atoms with Crippen LogP contribution in [0.25, 0.3) is 0 Å². The number of guanidine groups is 1. The molecule has 0 aliphatic rings. The van der Waals surface area contributed by atoms with Gasteiger partial charge in [0.2, 0.25) is 0 Å².